The Hall–Kier alpha value is -2.36. The lowest BCUT2D eigenvalue weighted by atomic mass is 9.70. The fraction of sp³-hybridized carbons (Fsp3) is 0.538. The van der Waals surface area contributed by atoms with Crippen LogP contribution in [-0.2, 0) is 9.53 Å². The van der Waals surface area contributed by atoms with Crippen LogP contribution in [0.4, 0.5) is 0 Å². The molecule has 1 fully saturated rings. The van der Waals surface area contributed by atoms with Crippen molar-refractivity contribution < 1.29 is 14.3 Å². The van der Waals surface area contributed by atoms with Crippen LogP contribution in [0.5, 0.6) is 0 Å². The van der Waals surface area contributed by atoms with Crippen molar-refractivity contribution in [1.82, 2.24) is 4.57 Å². The van der Waals surface area contributed by atoms with Crippen LogP contribution in [0, 0.1) is 38.0 Å². The number of ether oxygens (including phenoxy) is 1. The van der Waals surface area contributed by atoms with Crippen molar-refractivity contribution >= 4 is 11.8 Å². The lowest BCUT2D eigenvalue weighted by molar-refractivity contribution is -0.149. The monoisotopic (exact) mass is 409 g/mol. The Labute approximate surface area is 180 Å². The van der Waals surface area contributed by atoms with Gasteiger partial charge >= 0.3 is 5.97 Å². The van der Waals surface area contributed by atoms with E-state index < -0.39 is 0 Å². The Morgan fingerprint density at radius 2 is 1.60 bits per heavy atom. The zero-order valence-electron chi connectivity index (χ0n) is 19.2. The summed E-state index contributed by atoms with van der Waals surface area (Å²) < 4.78 is 7.52. The van der Waals surface area contributed by atoms with Crippen LogP contribution in [0.25, 0.3) is 5.69 Å². The minimum atomic E-state index is -0.219. The predicted molar refractivity (Wildman–Crippen MR) is 120 cm³/mol. The van der Waals surface area contributed by atoms with Crippen molar-refractivity contribution in [1.29, 1.82) is 0 Å². The van der Waals surface area contributed by atoms with Gasteiger partial charge in [-0.3, -0.25) is 9.59 Å². The van der Waals surface area contributed by atoms with Gasteiger partial charge in [0.25, 0.3) is 0 Å². The predicted octanol–water partition coefficient (Wildman–Crippen LogP) is 5.98. The number of nitrogens with zero attached hydrogens (tertiary/aromatic N) is 1. The van der Waals surface area contributed by atoms with Gasteiger partial charge in [0.15, 0.2) is 6.61 Å². The minimum absolute atomic E-state index is 0.0728. The summed E-state index contributed by atoms with van der Waals surface area (Å²) >= 11 is 0. The first kappa shape index (κ1) is 22.3. The number of rotatable bonds is 5. The van der Waals surface area contributed by atoms with E-state index in [0.29, 0.717) is 11.5 Å². The Balaban J connectivity index is 1.61. The van der Waals surface area contributed by atoms with Crippen molar-refractivity contribution in [2.45, 2.75) is 67.2 Å². The number of aryl methyl sites for hydroxylation is 2. The maximum Gasteiger partial charge on any atom is 0.309 e. The van der Waals surface area contributed by atoms with E-state index in [1.165, 1.54) is 5.56 Å². The van der Waals surface area contributed by atoms with Gasteiger partial charge in [0.1, 0.15) is 0 Å². The molecule has 0 unspecified atom stereocenters. The summed E-state index contributed by atoms with van der Waals surface area (Å²) in [4.78, 5) is 25.3. The zero-order valence-corrected chi connectivity index (χ0v) is 19.2. The molecule has 0 spiro atoms. The van der Waals surface area contributed by atoms with Crippen molar-refractivity contribution in [3.05, 3.63) is 52.8 Å². The SMILES string of the molecule is Cc1ccc(-n2c(C)cc(C(=O)COC(=O)C3CCC(C(C)(C)C)CC3)c2C)cc1. The van der Waals surface area contributed by atoms with E-state index in [4.69, 9.17) is 4.74 Å². The number of ketones is 1. The second kappa shape index (κ2) is 8.79. The van der Waals surface area contributed by atoms with Gasteiger partial charge < -0.3 is 9.30 Å². The Bertz CT molecular complexity index is 907. The van der Waals surface area contributed by atoms with E-state index in [9.17, 15) is 9.59 Å². The first-order valence-corrected chi connectivity index (χ1v) is 11.0. The Kier molecular flexibility index (Phi) is 6.54. The number of aromatic nitrogens is 1. The van der Waals surface area contributed by atoms with E-state index in [-0.39, 0.29) is 29.7 Å². The molecular weight excluding hydrogens is 374 g/mol. The molecule has 1 aliphatic carbocycles. The molecular formula is C26H35NO3. The van der Waals surface area contributed by atoms with Gasteiger partial charge in [0, 0.05) is 22.6 Å². The highest BCUT2D eigenvalue weighted by atomic mass is 16.5. The summed E-state index contributed by atoms with van der Waals surface area (Å²) in [6.07, 6.45) is 3.82. The molecule has 4 heteroatoms. The van der Waals surface area contributed by atoms with Crippen LogP contribution in [0.2, 0.25) is 0 Å². The summed E-state index contributed by atoms with van der Waals surface area (Å²) in [5, 5.41) is 0. The van der Waals surface area contributed by atoms with Gasteiger partial charge in [0.05, 0.1) is 5.92 Å². The van der Waals surface area contributed by atoms with Crippen LogP contribution in [-0.4, -0.2) is 22.9 Å². The third-order valence-electron chi connectivity index (χ3n) is 6.65. The molecule has 4 nitrogen and oxygen atoms in total. The maximum absolute atomic E-state index is 12.8. The molecule has 0 atom stereocenters. The first-order chi connectivity index (χ1) is 14.1. The standard InChI is InChI=1S/C26H35NO3/c1-17-7-13-22(14-8-17)27-18(2)15-23(19(27)3)24(28)16-30-25(29)20-9-11-21(12-10-20)26(4,5)6/h7-8,13-15,20-21H,9-12,16H2,1-6H3. The van der Waals surface area contributed by atoms with E-state index in [0.717, 1.165) is 42.8 Å². The van der Waals surface area contributed by atoms with Gasteiger partial charge in [-0.15, -0.1) is 0 Å². The fourth-order valence-corrected chi connectivity index (χ4v) is 4.66. The average molecular weight is 410 g/mol. The fourth-order valence-electron chi connectivity index (χ4n) is 4.66. The molecule has 162 valence electrons. The molecule has 0 amide bonds. The molecule has 0 radical (unpaired) electrons. The lowest BCUT2D eigenvalue weighted by Crippen LogP contribution is -2.30. The summed E-state index contributed by atoms with van der Waals surface area (Å²) in [5.74, 6) is 0.216. The van der Waals surface area contributed by atoms with Crippen LogP contribution >= 0.6 is 0 Å². The summed E-state index contributed by atoms with van der Waals surface area (Å²) in [6, 6.07) is 10.1. The highest BCUT2D eigenvalue weighted by Gasteiger charge is 2.33. The lowest BCUT2D eigenvalue weighted by Gasteiger charge is -2.36. The number of benzene rings is 1. The molecule has 2 aromatic rings. The number of hydrogen-bond donors (Lipinski definition) is 0. The second-order valence-electron chi connectivity index (χ2n) is 9.90. The summed E-state index contributed by atoms with van der Waals surface area (Å²) in [7, 11) is 0. The summed E-state index contributed by atoms with van der Waals surface area (Å²) in [5.41, 5.74) is 5.00. The highest BCUT2D eigenvalue weighted by molar-refractivity contribution is 5.99. The van der Waals surface area contributed by atoms with Crippen LogP contribution < -0.4 is 0 Å². The number of Topliss-reactive ketones (excluding diaryl/α,β-unsaturated/α-hetero) is 1. The molecule has 0 N–H and O–H groups in total. The van der Waals surface area contributed by atoms with Gasteiger partial charge in [-0.2, -0.15) is 0 Å². The van der Waals surface area contributed by atoms with Crippen LogP contribution in [0.15, 0.2) is 30.3 Å². The van der Waals surface area contributed by atoms with E-state index >= 15 is 0 Å². The number of hydrogen-bond acceptors (Lipinski definition) is 3. The minimum Gasteiger partial charge on any atom is -0.457 e. The topological polar surface area (TPSA) is 48.3 Å². The van der Waals surface area contributed by atoms with Gasteiger partial charge in [-0.1, -0.05) is 38.5 Å². The largest absolute Gasteiger partial charge is 0.457 e. The van der Waals surface area contributed by atoms with E-state index in [1.54, 1.807) is 0 Å². The van der Waals surface area contributed by atoms with Gasteiger partial charge in [-0.25, -0.2) is 0 Å². The quantitative estimate of drug-likeness (QED) is 0.451. The molecule has 1 saturated carbocycles. The third kappa shape index (κ3) is 4.85. The normalized spacial score (nSPS) is 19.5. The molecule has 0 saturated heterocycles. The highest BCUT2D eigenvalue weighted by Crippen LogP contribution is 2.40. The first-order valence-electron chi connectivity index (χ1n) is 11.0. The smallest absolute Gasteiger partial charge is 0.309 e. The molecule has 1 aromatic heterocycles. The average Bonchev–Trinajstić information content (AvgIpc) is 3.00. The number of esters is 1. The maximum atomic E-state index is 12.8. The second-order valence-corrected chi connectivity index (χ2v) is 9.90. The molecule has 0 aliphatic heterocycles. The molecule has 0 bridgehead atoms. The molecule has 1 aliphatic rings. The Morgan fingerprint density at radius 1 is 1.00 bits per heavy atom. The molecule has 30 heavy (non-hydrogen) atoms. The van der Waals surface area contributed by atoms with Crippen molar-refractivity contribution in [3.8, 4) is 5.69 Å². The van der Waals surface area contributed by atoms with Crippen LogP contribution in [0.3, 0.4) is 0 Å². The van der Waals surface area contributed by atoms with E-state index in [2.05, 4.69) is 56.5 Å². The zero-order chi connectivity index (χ0) is 22.1. The summed E-state index contributed by atoms with van der Waals surface area (Å²) in [6.45, 7) is 12.6. The molecule has 1 heterocycles. The van der Waals surface area contributed by atoms with Crippen LogP contribution in [0.1, 0.15) is 73.8 Å². The molecule has 1 aromatic carbocycles. The van der Waals surface area contributed by atoms with Gasteiger partial charge in [-0.05, 0) is 76.0 Å². The number of carbonyl (C=O) groups is 2. The van der Waals surface area contributed by atoms with Crippen molar-refractivity contribution in [2.24, 2.45) is 17.3 Å². The van der Waals surface area contributed by atoms with Crippen molar-refractivity contribution in [2.75, 3.05) is 6.61 Å². The van der Waals surface area contributed by atoms with E-state index in [1.807, 2.05) is 19.9 Å². The Morgan fingerprint density at radius 3 is 2.17 bits per heavy atom. The number of carbonyl (C=O) groups excluding carboxylic acids is 2. The van der Waals surface area contributed by atoms with Gasteiger partial charge in [0.2, 0.25) is 5.78 Å². The third-order valence-corrected chi connectivity index (χ3v) is 6.65. The molecule has 3 rings (SSSR count). The van der Waals surface area contributed by atoms with Crippen molar-refractivity contribution in [3.63, 3.8) is 0 Å².